The van der Waals surface area contributed by atoms with Crippen LogP contribution in [0.2, 0.25) is 0 Å². The molecule has 1 heterocycles. The monoisotopic (exact) mass is 430 g/mol. The molecule has 0 fully saturated rings. The van der Waals surface area contributed by atoms with Crippen LogP contribution in [-0.4, -0.2) is 26.4 Å². The van der Waals surface area contributed by atoms with Crippen molar-refractivity contribution in [3.05, 3.63) is 70.0 Å². The first-order valence-corrected chi connectivity index (χ1v) is 9.92. The van der Waals surface area contributed by atoms with E-state index >= 15 is 0 Å². The van der Waals surface area contributed by atoms with E-state index in [0.717, 1.165) is 33.1 Å². The fourth-order valence-electron chi connectivity index (χ4n) is 2.49. The van der Waals surface area contributed by atoms with E-state index in [0.29, 0.717) is 0 Å². The number of nitrogens with one attached hydrogen (secondary N) is 1. The molecule has 26 heavy (non-hydrogen) atoms. The first kappa shape index (κ1) is 18.7. The molecule has 3 aromatic rings. The predicted octanol–water partition coefficient (Wildman–Crippen LogP) is 4.21. The number of benzene rings is 2. The summed E-state index contributed by atoms with van der Waals surface area (Å²) in [4.78, 5) is 12.2. The van der Waals surface area contributed by atoms with Crippen molar-refractivity contribution in [1.29, 1.82) is 0 Å². The minimum atomic E-state index is -0.0620. The molecule has 0 spiro atoms. The smallest absolute Gasteiger partial charge is 0.234 e. The second-order valence-electron chi connectivity index (χ2n) is 5.92. The summed E-state index contributed by atoms with van der Waals surface area (Å²) < 4.78 is 2.93. The van der Waals surface area contributed by atoms with Gasteiger partial charge in [0.25, 0.3) is 0 Å². The minimum absolute atomic E-state index is 0.0620. The third-order valence-corrected chi connectivity index (χ3v) is 5.44. The molecule has 1 N–H and O–H groups in total. The Labute approximate surface area is 165 Å². The molecule has 0 atom stereocenters. The molecular weight excluding hydrogens is 412 g/mol. The molecule has 0 bridgehead atoms. The molecule has 0 radical (unpaired) electrons. The lowest BCUT2D eigenvalue weighted by atomic mass is 10.1. The number of aryl methyl sites for hydroxylation is 1. The topological polar surface area (TPSA) is 59.8 Å². The molecular formula is C19H19BrN4OS. The molecule has 3 rings (SSSR count). The molecule has 5 nitrogen and oxygen atoms in total. The summed E-state index contributed by atoms with van der Waals surface area (Å²) in [6.07, 6.45) is 0.717. The fourth-order valence-corrected chi connectivity index (χ4v) is 3.69. The summed E-state index contributed by atoms with van der Waals surface area (Å²) in [6.45, 7) is 1.96. The van der Waals surface area contributed by atoms with Gasteiger partial charge in [0.1, 0.15) is 5.82 Å². The normalized spacial score (nSPS) is 10.7. The number of hydrogen-bond donors (Lipinski definition) is 1. The van der Waals surface area contributed by atoms with Crippen LogP contribution in [0.1, 0.15) is 17.0 Å². The highest BCUT2D eigenvalue weighted by Crippen LogP contribution is 2.21. The Hall–Kier alpha value is -2.12. The van der Waals surface area contributed by atoms with Gasteiger partial charge >= 0.3 is 0 Å². The summed E-state index contributed by atoms with van der Waals surface area (Å²) in [5, 5.41) is 12.1. The van der Waals surface area contributed by atoms with E-state index in [4.69, 9.17) is 0 Å². The van der Waals surface area contributed by atoms with Crippen LogP contribution in [0, 0.1) is 6.92 Å². The van der Waals surface area contributed by atoms with Gasteiger partial charge in [0.2, 0.25) is 5.91 Å². The second kappa shape index (κ2) is 8.51. The number of thioether (sulfide) groups is 1. The zero-order valence-electron chi connectivity index (χ0n) is 14.6. The number of carbonyl (C=O) groups excluding carboxylic acids is 1. The van der Waals surface area contributed by atoms with Crippen molar-refractivity contribution in [2.45, 2.75) is 18.5 Å². The quantitative estimate of drug-likeness (QED) is 0.595. The predicted molar refractivity (Wildman–Crippen MR) is 108 cm³/mol. The van der Waals surface area contributed by atoms with Crippen LogP contribution in [0.4, 0.5) is 5.69 Å². The van der Waals surface area contributed by atoms with Gasteiger partial charge in [-0.1, -0.05) is 58.0 Å². The minimum Gasteiger partial charge on any atom is -0.325 e. The standard InChI is InChI=1S/C19H19BrN4OS/c1-13-10-15(20)8-9-16(13)21-18(25)12-26-19-23-22-17(24(19)2)11-14-6-4-3-5-7-14/h3-10H,11-12H2,1-2H3,(H,21,25). The first-order valence-electron chi connectivity index (χ1n) is 8.14. The summed E-state index contributed by atoms with van der Waals surface area (Å²) >= 11 is 4.81. The number of anilines is 1. The molecule has 1 aromatic heterocycles. The summed E-state index contributed by atoms with van der Waals surface area (Å²) in [5.41, 5.74) is 3.02. The molecule has 1 amide bonds. The van der Waals surface area contributed by atoms with Gasteiger partial charge in [0.05, 0.1) is 5.75 Å². The van der Waals surface area contributed by atoms with E-state index < -0.39 is 0 Å². The number of amides is 1. The number of halogens is 1. The Bertz CT molecular complexity index is 911. The fraction of sp³-hybridized carbons (Fsp3) is 0.211. The number of aromatic nitrogens is 3. The third kappa shape index (κ3) is 4.74. The van der Waals surface area contributed by atoms with E-state index in [1.807, 2.05) is 54.9 Å². The number of hydrogen-bond acceptors (Lipinski definition) is 4. The Morgan fingerprint density at radius 2 is 1.96 bits per heavy atom. The van der Waals surface area contributed by atoms with Crippen molar-refractivity contribution in [1.82, 2.24) is 14.8 Å². The lowest BCUT2D eigenvalue weighted by Crippen LogP contribution is -2.15. The zero-order chi connectivity index (χ0) is 18.5. The van der Waals surface area contributed by atoms with Crippen LogP contribution in [0.5, 0.6) is 0 Å². The highest BCUT2D eigenvalue weighted by Gasteiger charge is 2.12. The van der Waals surface area contributed by atoms with Crippen molar-refractivity contribution in [2.75, 3.05) is 11.1 Å². The Kier molecular flexibility index (Phi) is 6.11. The van der Waals surface area contributed by atoms with Crippen LogP contribution in [0.25, 0.3) is 0 Å². The SMILES string of the molecule is Cc1cc(Br)ccc1NC(=O)CSc1nnc(Cc2ccccc2)n1C. The van der Waals surface area contributed by atoms with Gasteiger partial charge in [-0.2, -0.15) is 0 Å². The van der Waals surface area contributed by atoms with Crippen molar-refractivity contribution >= 4 is 39.3 Å². The molecule has 0 saturated heterocycles. The lowest BCUT2D eigenvalue weighted by Gasteiger charge is -2.08. The van der Waals surface area contributed by atoms with Crippen LogP contribution in [0.3, 0.4) is 0 Å². The van der Waals surface area contributed by atoms with Gasteiger partial charge in [-0.15, -0.1) is 10.2 Å². The van der Waals surface area contributed by atoms with Crippen LogP contribution >= 0.6 is 27.7 Å². The van der Waals surface area contributed by atoms with E-state index in [1.54, 1.807) is 0 Å². The Morgan fingerprint density at radius 1 is 1.19 bits per heavy atom. The van der Waals surface area contributed by atoms with Gasteiger partial charge in [0.15, 0.2) is 5.16 Å². The summed E-state index contributed by atoms with van der Waals surface area (Å²) in [6, 6.07) is 15.9. The largest absolute Gasteiger partial charge is 0.325 e. The number of rotatable bonds is 6. The van der Waals surface area contributed by atoms with Crippen LogP contribution in [0.15, 0.2) is 58.2 Å². The number of nitrogens with zero attached hydrogens (tertiary/aromatic N) is 3. The van der Waals surface area contributed by atoms with Gasteiger partial charge in [0, 0.05) is 23.6 Å². The van der Waals surface area contributed by atoms with E-state index in [-0.39, 0.29) is 11.7 Å². The van der Waals surface area contributed by atoms with Crippen molar-refractivity contribution < 1.29 is 4.79 Å². The third-order valence-electron chi connectivity index (χ3n) is 3.93. The maximum atomic E-state index is 12.2. The Morgan fingerprint density at radius 3 is 2.69 bits per heavy atom. The molecule has 134 valence electrons. The highest BCUT2D eigenvalue weighted by atomic mass is 79.9. The summed E-state index contributed by atoms with van der Waals surface area (Å²) in [5.74, 6) is 1.10. The average molecular weight is 431 g/mol. The van der Waals surface area contributed by atoms with Gasteiger partial charge < -0.3 is 9.88 Å². The van der Waals surface area contributed by atoms with E-state index in [9.17, 15) is 4.79 Å². The number of carbonyl (C=O) groups is 1. The zero-order valence-corrected chi connectivity index (χ0v) is 17.0. The van der Waals surface area contributed by atoms with Crippen molar-refractivity contribution in [3.63, 3.8) is 0 Å². The van der Waals surface area contributed by atoms with Gasteiger partial charge in [-0.05, 0) is 36.2 Å². The Balaban J connectivity index is 1.58. The summed E-state index contributed by atoms with van der Waals surface area (Å²) in [7, 11) is 1.93. The van der Waals surface area contributed by atoms with E-state index in [2.05, 4.69) is 43.6 Å². The molecule has 0 aliphatic rings. The molecule has 0 aliphatic heterocycles. The van der Waals surface area contributed by atoms with Crippen molar-refractivity contribution in [3.8, 4) is 0 Å². The molecule has 0 unspecified atom stereocenters. The second-order valence-corrected chi connectivity index (χ2v) is 7.77. The van der Waals surface area contributed by atoms with Gasteiger partial charge in [-0.25, -0.2) is 0 Å². The van der Waals surface area contributed by atoms with Crippen LogP contribution in [-0.2, 0) is 18.3 Å². The molecule has 0 saturated carbocycles. The van der Waals surface area contributed by atoms with Crippen molar-refractivity contribution in [2.24, 2.45) is 7.05 Å². The lowest BCUT2D eigenvalue weighted by molar-refractivity contribution is -0.113. The maximum absolute atomic E-state index is 12.2. The first-order chi connectivity index (χ1) is 12.5. The van der Waals surface area contributed by atoms with Crippen LogP contribution < -0.4 is 5.32 Å². The molecule has 0 aliphatic carbocycles. The highest BCUT2D eigenvalue weighted by molar-refractivity contribution is 9.10. The average Bonchev–Trinajstić information content (AvgIpc) is 2.96. The molecule has 2 aromatic carbocycles. The molecule has 7 heteroatoms. The van der Waals surface area contributed by atoms with Gasteiger partial charge in [-0.3, -0.25) is 4.79 Å². The van der Waals surface area contributed by atoms with E-state index in [1.165, 1.54) is 17.3 Å². The maximum Gasteiger partial charge on any atom is 0.234 e.